The number of halogens is 2. The highest BCUT2D eigenvalue weighted by atomic mass is 79.9. The van der Waals surface area contributed by atoms with E-state index in [1.807, 2.05) is 6.26 Å². The standard InChI is InChI=1S/C4H4Br2N2S/c1-9-4-7-2(5)3(6)8-4/h1H3,(H,7,8). The summed E-state index contributed by atoms with van der Waals surface area (Å²) in [6, 6.07) is 0. The molecular formula is C4H4Br2N2S. The van der Waals surface area contributed by atoms with Crippen LogP contribution in [0.1, 0.15) is 0 Å². The molecule has 1 heterocycles. The molecule has 0 saturated carbocycles. The Morgan fingerprint density at radius 1 is 1.56 bits per heavy atom. The number of imidazole rings is 1. The maximum atomic E-state index is 4.11. The molecule has 0 spiro atoms. The normalized spacial score (nSPS) is 10.1. The summed E-state index contributed by atoms with van der Waals surface area (Å²) in [5.74, 6) is 0. The molecule has 0 aliphatic heterocycles. The van der Waals surface area contributed by atoms with E-state index in [-0.39, 0.29) is 0 Å². The third-order valence-electron chi connectivity index (χ3n) is 0.791. The van der Waals surface area contributed by atoms with Gasteiger partial charge in [-0.25, -0.2) is 4.98 Å². The molecule has 0 amide bonds. The van der Waals surface area contributed by atoms with Crippen molar-refractivity contribution in [2.75, 3.05) is 6.26 Å². The summed E-state index contributed by atoms with van der Waals surface area (Å²) < 4.78 is 1.72. The first-order chi connectivity index (χ1) is 4.24. The van der Waals surface area contributed by atoms with Gasteiger partial charge in [0.2, 0.25) is 0 Å². The lowest BCUT2D eigenvalue weighted by Gasteiger charge is -1.80. The quantitative estimate of drug-likeness (QED) is 0.796. The molecule has 0 bridgehead atoms. The van der Waals surface area contributed by atoms with E-state index in [1.165, 1.54) is 0 Å². The Hall–Kier alpha value is 0.520. The van der Waals surface area contributed by atoms with Crippen molar-refractivity contribution in [2.45, 2.75) is 5.16 Å². The molecule has 0 fully saturated rings. The van der Waals surface area contributed by atoms with Crippen molar-refractivity contribution >= 4 is 43.6 Å². The molecule has 0 atom stereocenters. The number of nitrogens with one attached hydrogen (secondary N) is 1. The fourth-order valence-electron chi connectivity index (χ4n) is 0.408. The van der Waals surface area contributed by atoms with Gasteiger partial charge in [0.1, 0.15) is 9.21 Å². The molecule has 0 unspecified atom stereocenters. The van der Waals surface area contributed by atoms with Crippen LogP contribution in [0.2, 0.25) is 0 Å². The molecule has 1 aromatic rings. The summed E-state index contributed by atoms with van der Waals surface area (Å²) >= 11 is 8.11. The van der Waals surface area contributed by atoms with E-state index < -0.39 is 0 Å². The van der Waals surface area contributed by atoms with Crippen LogP contribution in [-0.2, 0) is 0 Å². The Morgan fingerprint density at radius 3 is 2.44 bits per heavy atom. The van der Waals surface area contributed by atoms with Crippen molar-refractivity contribution in [1.82, 2.24) is 9.97 Å². The SMILES string of the molecule is CSc1nc(Br)c(Br)[nH]1. The van der Waals surface area contributed by atoms with Crippen LogP contribution in [0.3, 0.4) is 0 Å². The lowest BCUT2D eigenvalue weighted by Crippen LogP contribution is -1.67. The summed E-state index contributed by atoms with van der Waals surface area (Å²) in [6.45, 7) is 0. The molecule has 1 N–H and O–H groups in total. The third kappa shape index (κ3) is 1.72. The minimum Gasteiger partial charge on any atom is -0.327 e. The number of hydrogen-bond donors (Lipinski definition) is 1. The Kier molecular flexibility index (Phi) is 2.60. The summed E-state index contributed by atoms with van der Waals surface area (Å²) in [6.07, 6.45) is 1.97. The van der Waals surface area contributed by atoms with Crippen LogP contribution in [0.15, 0.2) is 14.4 Å². The Morgan fingerprint density at radius 2 is 2.22 bits per heavy atom. The van der Waals surface area contributed by atoms with E-state index in [9.17, 15) is 0 Å². The topological polar surface area (TPSA) is 28.7 Å². The molecule has 2 nitrogen and oxygen atoms in total. The van der Waals surface area contributed by atoms with Crippen LogP contribution in [0.4, 0.5) is 0 Å². The number of rotatable bonds is 1. The average molecular weight is 272 g/mol. The summed E-state index contributed by atoms with van der Waals surface area (Å²) in [7, 11) is 0. The second kappa shape index (κ2) is 3.07. The largest absolute Gasteiger partial charge is 0.327 e. The first-order valence-corrected chi connectivity index (χ1v) is 5.00. The number of thioether (sulfide) groups is 1. The van der Waals surface area contributed by atoms with Crippen LogP contribution in [-0.4, -0.2) is 16.2 Å². The van der Waals surface area contributed by atoms with Gasteiger partial charge in [0.05, 0.1) is 0 Å². The van der Waals surface area contributed by atoms with Crippen LogP contribution < -0.4 is 0 Å². The van der Waals surface area contributed by atoms with Crippen LogP contribution >= 0.6 is 43.6 Å². The van der Waals surface area contributed by atoms with Crippen LogP contribution in [0, 0.1) is 0 Å². The molecule has 1 rings (SSSR count). The number of aromatic amines is 1. The van der Waals surface area contributed by atoms with Gasteiger partial charge < -0.3 is 4.98 Å². The van der Waals surface area contributed by atoms with E-state index in [2.05, 4.69) is 41.8 Å². The number of nitrogens with zero attached hydrogens (tertiary/aromatic N) is 1. The Labute approximate surface area is 74.1 Å². The molecule has 0 radical (unpaired) electrons. The molecular weight excluding hydrogens is 268 g/mol. The zero-order valence-corrected chi connectivity index (χ0v) is 8.60. The number of H-pyrrole nitrogens is 1. The highest BCUT2D eigenvalue weighted by Gasteiger charge is 2.01. The monoisotopic (exact) mass is 270 g/mol. The molecule has 50 valence electrons. The highest BCUT2D eigenvalue weighted by Crippen LogP contribution is 2.22. The maximum absolute atomic E-state index is 4.11. The molecule has 1 aromatic heterocycles. The predicted octanol–water partition coefficient (Wildman–Crippen LogP) is 2.66. The zero-order chi connectivity index (χ0) is 6.85. The molecule has 9 heavy (non-hydrogen) atoms. The number of hydrogen-bond acceptors (Lipinski definition) is 2. The van der Waals surface area contributed by atoms with E-state index >= 15 is 0 Å². The van der Waals surface area contributed by atoms with E-state index in [1.54, 1.807) is 11.8 Å². The van der Waals surface area contributed by atoms with Gasteiger partial charge in [0.15, 0.2) is 5.16 Å². The van der Waals surface area contributed by atoms with Gasteiger partial charge in [0, 0.05) is 0 Å². The smallest absolute Gasteiger partial charge is 0.167 e. The molecule has 5 heteroatoms. The minimum atomic E-state index is 0.826. The van der Waals surface area contributed by atoms with E-state index in [4.69, 9.17) is 0 Å². The van der Waals surface area contributed by atoms with Gasteiger partial charge in [-0.1, -0.05) is 11.8 Å². The second-order valence-electron chi connectivity index (χ2n) is 1.35. The van der Waals surface area contributed by atoms with Crippen molar-refractivity contribution in [3.63, 3.8) is 0 Å². The van der Waals surface area contributed by atoms with Crippen molar-refractivity contribution < 1.29 is 0 Å². The van der Waals surface area contributed by atoms with Gasteiger partial charge in [-0.05, 0) is 38.1 Å². The summed E-state index contributed by atoms with van der Waals surface area (Å²) in [4.78, 5) is 7.12. The lowest BCUT2D eigenvalue weighted by atomic mass is 11.0. The van der Waals surface area contributed by atoms with Gasteiger partial charge in [-0.3, -0.25) is 0 Å². The molecule has 0 saturated heterocycles. The summed E-state index contributed by atoms with van der Waals surface area (Å²) in [5, 5.41) is 0.911. The van der Waals surface area contributed by atoms with Crippen LogP contribution in [0.5, 0.6) is 0 Å². The summed E-state index contributed by atoms with van der Waals surface area (Å²) in [5.41, 5.74) is 0. The van der Waals surface area contributed by atoms with Crippen molar-refractivity contribution in [3.8, 4) is 0 Å². The van der Waals surface area contributed by atoms with Crippen molar-refractivity contribution in [3.05, 3.63) is 9.21 Å². The Balaban J connectivity index is 2.98. The first kappa shape index (κ1) is 7.63. The molecule has 0 aromatic carbocycles. The van der Waals surface area contributed by atoms with Gasteiger partial charge >= 0.3 is 0 Å². The van der Waals surface area contributed by atoms with Crippen LogP contribution in [0.25, 0.3) is 0 Å². The van der Waals surface area contributed by atoms with Gasteiger partial charge in [-0.15, -0.1) is 0 Å². The fraction of sp³-hybridized carbons (Fsp3) is 0.250. The lowest BCUT2D eigenvalue weighted by molar-refractivity contribution is 1.05. The predicted molar refractivity (Wildman–Crippen MR) is 45.8 cm³/mol. The van der Waals surface area contributed by atoms with E-state index in [0.29, 0.717) is 0 Å². The Bertz CT molecular complexity index is 191. The van der Waals surface area contributed by atoms with Crippen molar-refractivity contribution in [2.24, 2.45) is 0 Å². The second-order valence-corrected chi connectivity index (χ2v) is 3.69. The van der Waals surface area contributed by atoms with E-state index in [0.717, 1.165) is 14.4 Å². The highest BCUT2D eigenvalue weighted by molar-refractivity contribution is 9.13. The molecule has 0 aliphatic carbocycles. The maximum Gasteiger partial charge on any atom is 0.167 e. The number of aromatic nitrogens is 2. The minimum absolute atomic E-state index is 0.826. The fourth-order valence-corrected chi connectivity index (χ4v) is 1.60. The molecule has 0 aliphatic rings. The first-order valence-electron chi connectivity index (χ1n) is 2.19. The van der Waals surface area contributed by atoms with Gasteiger partial charge in [0.25, 0.3) is 0 Å². The van der Waals surface area contributed by atoms with Gasteiger partial charge in [-0.2, -0.15) is 0 Å². The third-order valence-corrected chi connectivity index (χ3v) is 3.05. The average Bonchev–Trinajstić information content (AvgIpc) is 2.13. The van der Waals surface area contributed by atoms with Crippen molar-refractivity contribution in [1.29, 1.82) is 0 Å². The zero-order valence-electron chi connectivity index (χ0n) is 4.61.